The van der Waals surface area contributed by atoms with Crippen molar-refractivity contribution in [2.45, 2.75) is 6.92 Å². The van der Waals surface area contributed by atoms with Crippen molar-refractivity contribution >= 4 is 16.7 Å². The molecule has 21 heavy (non-hydrogen) atoms. The Morgan fingerprint density at radius 2 is 2.05 bits per heavy atom. The van der Waals surface area contributed by atoms with Crippen molar-refractivity contribution in [1.29, 1.82) is 0 Å². The number of fused-ring (bicyclic) bond motifs is 1. The lowest BCUT2D eigenvalue weighted by Crippen LogP contribution is -1.92. The number of H-pyrrole nitrogens is 1. The standard InChI is InChI=1S/C16H17N3O2/c1-3-21-11-5-7-13-14(9-11)19-16(18-13)10-4-6-12(17)15(8-10)20-2/h4-9H,3,17H2,1-2H3,(H,18,19). The molecule has 0 aliphatic carbocycles. The number of imidazole rings is 1. The van der Waals surface area contributed by atoms with E-state index in [9.17, 15) is 0 Å². The highest BCUT2D eigenvalue weighted by Crippen LogP contribution is 2.29. The van der Waals surface area contributed by atoms with Gasteiger partial charge in [-0.2, -0.15) is 0 Å². The first-order chi connectivity index (χ1) is 10.2. The quantitative estimate of drug-likeness (QED) is 0.721. The van der Waals surface area contributed by atoms with E-state index in [2.05, 4.69) is 9.97 Å². The number of nitrogen functional groups attached to an aromatic ring is 1. The molecule has 1 heterocycles. The predicted octanol–water partition coefficient (Wildman–Crippen LogP) is 3.22. The highest BCUT2D eigenvalue weighted by molar-refractivity contribution is 5.81. The summed E-state index contributed by atoms with van der Waals surface area (Å²) < 4.78 is 10.7. The van der Waals surface area contributed by atoms with Gasteiger partial charge in [-0.15, -0.1) is 0 Å². The minimum absolute atomic E-state index is 0.607. The Bertz CT molecular complexity index is 780. The van der Waals surface area contributed by atoms with E-state index in [0.717, 1.165) is 28.2 Å². The number of ether oxygens (including phenoxy) is 2. The van der Waals surface area contributed by atoms with Gasteiger partial charge in [0.1, 0.15) is 17.3 Å². The van der Waals surface area contributed by atoms with Gasteiger partial charge in [-0.05, 0) is 37.3 Å². The molecule has 0 aliphatic rings. The third kappa shape index (κ3) is 2.50. The van der Waals surface area contributed by atoms with E-state index in [1.165, 1.54) is 0 Å². The van der Waals surface area contributed by atoms with E-state index in [-0.39, 0.29) is 0 Å². The lowest BCUT2D eigenvalue weighted by Gasteiger charge is -2.05. The number of nitrogens with one attached hydrogen (secondary N) is 1. The molecule has 5 heteroatoms. The first-order valence-corrected chi connectivity index (χ1v) is 6.77. The van der Waals surface area contributed by atoms with Crippen LogP contribution in [0.4, 0.5) is 5.69 Å². The maximum absolute atomic E-state index is 5.83. The lowest BCUT2D eigenvalue weighted by atomic mass is 10.2. The van der Waals surface area contributed by atoms with Crippen LogP contribution in [0.25, 0.3) is 22.4 Å². The molecular formula is C16H17N3O2. The van der Waals surface area contributed by atoms with Crippen molar-refractivity contribution in [3.8, 4) is 22.9 Å². The average molecular weight is 283 g/mol. The zero-order chi connectivity index (χ0) is 14.8. The van der Waals surface area contributed by atoms with E-state index >= 15 is 0 Å². The van der Waals surface area contributed by atoms with Crippen LogP contribution in [-0.2, 0) is 0 Å². The number of nitrogens with two attached hydrogens (primary N) is 1. The summed E-state index contributed by atoms with van der Waals surface area (Å²) in [7, 11) is 1.60. The molecule has 0 aliphatic heterocycles. The summed E-state index contributed by atoms with van der Waals surface area (Å²) >= 11 is 0. The van der Waals surface area contributed by atoms with Crippen LogP contribution in [0.1, 0.15) is 6.92 Å². The minimum Gasteiger partial charge on any atom is -0.495 e. The molecule has 0 amide bonds. The molecular weight excluding hydrogens is 266 g/mol. The van der Waals surface area contributed by atoms with E-state index in [4.69, 9.17) is 15.2 Å². The highest BCUT2D eigenvalue weighted by atomic mass is 16.5. The Kier molecular flexibility index (Phi) is 3.39. The molecule has 0 saturated carbocycles. The minimum atomic E-state index is 0.607. The fourth-order valence-corrected chi connectivity index (χ4v) is 2.24. The van der Waals surface area contributed by atoms with Gasteiger partial charge in [-0.1, -0.05) is 0 Å². The summed E-state index contributed by atoms with van der Waals surface area (Å²) in [6.07, 6.45) is 0. The van der Waals surface area contributed by atoms with Gasteiger partial charge in [0.15, 0.2) is 0 Å². The Morgan fingerprint density at radius 1 is 1.19 bits per heavy atom. The Morgan fingerprint density at radius 3 is 2.81 bits per heavy atom. The van der Waals surface area contributed by atoms with Crippen molar-refractivity contribution in [1.82, 2.24) is 9.97 Å². The third-order valence-electron chi connectivity index (χ3n) is 3.27. The molecule has 0 spiro atoms. The largest absolute Gasteiger partial charge is 0.495 e. The maximum Gasteiger partial charge on any atom is 0.142 e. The molecule has 0 unspecified atom stereocenters. The topological polar surface area (TPSA) is 73.2 Å². The zero-order valence-electron chi connectivity index (χ0n) is 12.0. The molecule has 3 N–H and O–H groups in total. The van der Waals surface area contributed by atoms with Gasteiger partial charge in [-0.25, -0.2) is 4.98 Å². The van der Waals surface area contributed by atoms with Gasteiger partial charge in [0, 0.05) is 11.6 Å². The van der Waals surface area contributed by atoms with Crippen LogP contribution in [0.5, 0.6) is 11.5 Å². The Labute approximate surface area is 122 Å². The first-order valence-electron chi connectivity index (χ1n) is 6.77. The van der Waals surface area contributed by atoms with Crippen molar-refractivity contribution in [2.24, 2.45) is 0 Å². The van der Waals surface area contributed by atoms with Crippen LogP contribution in [0.2, 0.25) is 0 Å². The summed E-state index contributed by atoms with van der Waals surface area (Å²) in [5.74, 6) is 2.25. The zero-order valence-corrected chi connectivity index (χ0v) is 12.0. The number of rotatable bonds is 4. The second-order valence-corrected chi connectivity index (χ2v) is 4.65. The molecule has 5 nitrogen and oxygen atoms in total. The van der Waals surface area contributed by atoms with E-state index in [1.54, 1.807) is 7.11 Å². The molecule has 108 valence electrons. The fraction of sp³-hybridized carbons (Fsp3) is 0.188. The number of benzene rings is 2. The molecule has 0 atom stereocenters. The van der Waals surface area contributed by atoms with E-state index in [0.29, 0.717) is 18.0 Å². The fourth-order valence-electron chi connectivity index (χ4n) is 2.24. The highest BCUT2D eigenvalue weighted by Gasteiger charge is 2.09. The van der Waals surface area contributed by atoms with Crippen molar-refractivity contribution in [3.63, 3.8) is 0 Å². The predicted molar refractivity (Wildman–Crippen MR) is 83.7 cm³/mol. The second kappa shape index (κ2) is 5.36. The van der Waals surface area contributed by atoms with Gasteiger partial charge < -0.3 is 20.2 Å². The first kappa shape index (κ1) is 13.3. The summed E-state index contributed by atoms with van der Waals surface area (Å²) in [5.41, 5.74) is 9.20. The van der Waals surface area contributed by atoms with Gasteiger partial charge >= 0.3 is 0 Å². The Balaban J connectivity index is 2.04. The molecule has 2 aromatic carbocycles. The van der Waals surface area contributed by atoms with E-state index < -0.39 is 0 Å². The number of aromatic amines is 1. The molecule has 0 bridgehead atoms. The van der Waals surface area contributed by atoms with Gasteiger partial charge in [0.05, 0.1) is 30.4 Å². The molecule has 0 fully saturated rings. The van der Waals surface area contributed by atoms with Crippen LogP contribution >= 0.6 is 0 Å². The molecule has 3 rings (SSSR count). The van der Waals surface area contributed by atoms with Crippen LogP contribution < -0.4 is 15.2 Å². The number of methoxy groups -OCH3 is 1. The molecule has 0 saturated heterocycles. The second-order valence-electron chi connectivity index (χ2n) is 4.65. The molecule has 1 aromatic heterocycles. The van der Waals surface area contributed by atoms with Gasteiger partial charge in [0.2, 0.25) is 0 Å². The van der Waals surface area contributed by atoms with Crippen LogP contribution in [0.15, 0.2) is 36.4 Å². The summed E-state index contributed by atoms with van der Waals surface area (Å²) in [6, 6.07) is 11.4. The third-order valence-corrected chi connectivity index (χ3v) is 3.27. The van der Waals surface area contributed by atoms with Gasteiger partial charge in [-0.3, -0.25) is 0 Å². The van der Waals surface area contributed by atoms with Gasteiger partial charge in [0.25, 0.3) is 0 Å². The van der Waals surface area contributed by atoms with Crippen LogP contribution in [0.3, 0.4) is 0 Å². The molecule has 3 aromatic rings. The normalized spacial score (nSPS) is 10.8. The average Bonchev–Trinajstić information content (AvgIpc) is 2.91. The number of aromatic nitrogens is 2. The van der Waals surface area contributed by atoms with Crippen LogP contribution in [0, 0.1) is 0 Å². The molecule has 0 radical (unpaired) electrons. The lowest BCUT2D eigenvalue weighted by molar-refractivity contribution is 0.340. The SMILES string of the molecule is CCOc1ccc2nc(-c3ccc(N)c(OC)c3)[nH]c2c1. The number of hydrogen-bond donors (Lipinski definition) is 2. The Hall–Kier alpha value is -2.69. The summed E-state index contributed by atoms with van der Waals surface area (Å²) in [6.45, 7) is 2.60. The monoisotopic (exact) mass is 283 g/mol. The smallest absolute Gasteiger partial charge is 0.142 e. The van der Waals surface area contributed by atoms with Crippen molar-refractivity contribution in [2.75, 3.05) is 19.5 Å². The summed E-state index contributed by atoms with van der Waals surface area (Å²) in [5, 5.41) is 0. The van der Waals surface area contributed by atoms with Crippen molar-refractivity contribution < 1.29 is 9.47 Å². The van der Waals surface area contributed by atoms with Crippen LogP contribution in [-0.4, -0.2) is 23.7 Å². The van der Waals surface area contributed by atoms with Crippen molar-refractivity contribution in [3.05, 3.63) is 36.4 Å². The maximum atomic E-state index is 5.83. The number of nitrogens with zero attached hydrogens (tertiary/aromatic N) is 1. The number of hydrogen-bond acceptors (Lipinski definition) is 4. The number of anilines is 1. The van der Waals surface area contributed by atoms with E-state index in [1.807, 2.05) is 43.3 Å². The summed E-state index contributed by atoms with van der Waals surface area (Å²) in [4.78, 5) is 7.88.